The Hall–Kier alpha value is -3.17. The van der Waals surface area contributed by atoms with Crippen LogP contribution in [0.4, 0.5) is 5.69 Å². The zero-order chi connectivity index (χ0) is 17.5. The molecule has 2 N–H and O–H groups in total. The van der Waals surface area contributed by atoms with Gasteiger partial charge in [-0.15, -0.1) is 0 Å². The summed E-state index contributed by atoms with van der Waals surface area (Å²) in [7, 11) is 0. The number of aliphatic hydroxyl groups excluding tert-OH is 1. The lowest BCUT2D eigenvalue weighted by Crippen LogP contribution is -2.32. The number of para-hydroxylation sites is 1. The number of carbonyl (C=O) groups is 2. The zero-order valence-corrected chi connectivity index (χ0v) is 13.0. The zero-order valence-electron chi connectivity index (χ0n) is 13.0. The molecule has 2 aromatic carbocycles. The second kappa shape index (κ2) is 7.90. The molecule has 0 fully saturated rings. The number of benzene rings is 2. The molecule has 0 spiro atoms. The highest BCUT2D eigenvalue weighted by Crippen LogP contribution is 2.17. The molecule has 6 heteroatoms. The molecule has 2 atom stereocenters. The van der Waals surface area contributed by atoms with Crippen molar-refractivity contribution in [2.24, 2.45) is 0 Å². The third kappa shape index (κ3) is 4.18. The average Bonchev–Trinajstić information content (AvgIpc) is 2.62. The van der Waals surface area contributed by atoms with Crippen LogP contribution in [-0.4, -0.2) is 23.1 Å². The summed E-state index contributed by atoms with van der Waals surface area (Å²) < 4.78 is 4.99. The van der Waals surface area contributed by atoms with Gasteiger partial charge in [0.25, 0.3) is 5.91 Å². The molecule has 0 aliphatic carbocycles. The monoisotopic (exact) mass is 324 g/mol. The predicted molar refractivity (Wildman–Crippen MR) is 86.7 cm³/mol. The van der Waals surface area contributed by atoms with Gasteiger partial charge in [0, 0.05) is 0 Å². The lowest BCUT2D eigenvalue weighted by atomic mass is 10.1. The summed E-state index contributed by atoms with van der Waals surface area (Å²) in [5, 5.41) is 21.5. The molecule has 0 bridgehead atoms. The minimum absolute atomic E-state index is 0.300. The Morgan fingerprint density at radius 3 is 2.42 bits per heavy atom. The molecule has 0 unspecified atom stereocenters. The fraction of sp³-hybridized carbons (Fsp3) is 0.167. The fourth-order valence-electron chi connectivity index (χ4n) is 1.99. The number of esters is 1. The van der Waals surface area contributed by atoms with Gasteiger partial charge in [0.05, 0.1) is 11.3 Å². The molecule has 122 valence electrons. The summed E-state index contributed by atoms with van der Waals surface area (Å²) in [6.07, 6.45) is -2.59. The van der Waals surface area contributed by atoms with Crippen molar-refractivity contribution >= 4 is 17.6 Å². The second-order valence-corrected chi connectivity index (χ2v) is 5.04. The van der Waals surface area contributed by atoms with Crippen LogP contribution in [0, 0.1) is 11.3 Å². The molecule has 0 aromatic heterocycles. The molecule has 0 heterocycles. The van der Waals surface area contributed by atoms with Crippen LogP contribution in [0.1, 0.15) is 24.2 Å². The number of hydrogen-bond donors (Lipinski definition) is 2. The van der Waals surface area contributed by atoms with Gasteiger partial charge in [0.15, 0.2) is 12.2 Å². The highest BCUT2D eigenvalue weighted by Gasteiger charge is 2.24. The number of nitrogens with zero attached hydrogens (tertiary/aromatic N) is 1. The number of nitrogens with one attached hydrogen (secondary N) is 1. The molecule has 0 aliphatic rings. The number of aliphatic hydroxyl groups is 1. The first kappa shape index (κ1) is 17.2. The average molecular weight is 324 g/mol. The number of hydrogen-bond acceptors (Lipinski definition) is 5. The summed E-state index contributed by atoms with van der Waals surface area (Å²) in [6.45, 7) is 1.39. The van der Waals surface area contributed by atoms with E-state index >= 15 is 0 Å². The Labute approximate surface area is 139 Å². The van der Waals surface area contributed by atoms with Gasteiger partial charge >= 0.3 is 5.97 Å². The third-order valence-corrected chi connectivity index (χ3v) is 3.31. The van der Waals surface area contributed by atoms with Gasteiger partial charge in [0.2, 0.25) is 0 Å². The van der Waals surface area contributed by atoms with Crippen molar-refractivity contribution in [3.8, 4) is 6.07 Å². The Morgan fingerprint density at radius 2 is 1.75 bits per heavy atom. The molecule has 2 aromatic rings. The Morgan fingerprint density at radius 1 is 1.12 bits per heavy atom. The number of carbonyl (C=O) groups excluding carboxylic acids is 2. The minimum Gasteiger partial charge on any atom is -0.450 e. The topological polar surface area (TPSA) is 99.4 Å². The quantitative estimate of drug-likeness (QED) is 0.821. The second-order valence-electron chi connectivity index (χ2n) is 5.04. The normalized spacial score (nSPS) is 12.5. The summed E-state index contributed by atoms with van der Waals surface area (Å²) in [5.41, 5.74) is 1.01. The van der Waals surface area contributed by atoms with Gasteiger partial charge < -0.3 is 15.2 Å². The molecular formula is C18H16N2O4. The van der Waals surface area contributed by atoms with E-state index in [-0.39, 0.29) is 0 Å². The molecule has 0 radical (unpaired) electrons. The van der Waals surface area contributed by atoms with Crippen molar-refractivity contribution in [1.82, 2.24) is 0 Å². The number of rotatable bonds is 5. The largest absolute Gasteiger partial charge is 0.450 e. The van der Waals surface area contributed by atoms with E-state index in [1.807, 2.05) is 6.07 Å². The fourth-order valence-corrected chi connectivity index (χ4v) is 1.99. The van der Waals surface area contributed by atoms with E-state index in [9.17, 15) is 14.7 Å². The number of nitriles is 1. The van der Waals surface area contributed by atoms with Gasteiger partial charge in [0.1, 0.15) is 6.07 Å². The van der Waals surface area contributed by atoms with Gasteiger partial charge in [-0.2, -0.15) is 5.26 Å². The van der Waals surface area contributed by atoms with Gasteiger partial charge in [-0.3, -0.25) is 4.79 Å². The Bertz CT molecular complexity index is 768. The summed E-state index contributed by atoms with van der Waals surface area (Å²) in [6, 6.07) is 16.7. The van der Waals surface area contributed by atoms with Crippen LogP contribution < -0.4 is 5.32 Å². The highest BCUT2D eigenvalue weighted by atomic mass is 16.6. The van der Waals surface area contributed by atoms with Crippen LogP contribution in [0.5, 0.6) is 0 Å². The minimum atomic E-state index is -1.46. The molecule has 0 aliphatic heterocycles. The van der Waals surface area contributed by atoms with Crippen molar-refractivity contribution in [1.29, 1.82) is 5.26 Å². The first-order valence-electron chi connectivity index (χ1n) is 7.26. The third-order valence-electron chi connectivity index (χ3n) is 3.31. The molecule has 1 amide bonds. The maximum Gasteiger partial charge on any atom is 0.340 e. The summed E-state index contributed by atoms with van der Waals surface area (Å²) in [4.78, 5) is 24.0. The molecule has 0 saturated heterocycles. The number of amides is 1. The number of ether oxygens (including phenoxy) is 1. The van der Waals surface area contributed by atoms with Crippen LogP contribution in [0.25, 0.3) is 0 Å². The van der Waals surface area contributed by atoms with Crippen molar-refractivity contribution in [3.05, 3.63) is 65.7 Å². The smallest absolute Gasteiger partial charge is 0.340 e. The van der Waals surface area contributed by atoms with Crippen LogP contribution in [0.2, 0.25) is 0 Å². The summed E-state index contributed by atoms with van der Waals surface area (Å²) >= 11 is 0. The lowest BCUT2D eigenvalue weighted by molar-refractivity contribution is -0.162. The molecule has 6 nitrogen and oxygen atoms in total. The van der Waals surface area contributed by atoms with Crippen molar-refractivity contribution in [2.45, 2.75) is 19.1 Å². The first-order valence-corrected chi connectivity index (χ1v) is 7.26. The number of anilines is 1. The maximum absolute atomic E-state index is 12.1. The van der Waals surface area contributed by atoms with E-state index in [1.165, 1.54) is 6.92 Å². The van der Waals surface area contributed by atoms with Gasteiger partial charge in [-0.1, -0.05) is 42.5 Å². The van der Waals surface area contributed by atoms with Crippen molar-refractivity contribution in [3.63, 3.8) is 0 Å². The van der Waals surface area contributed by atoms with E-state index in [0.29, 0.717) is 16.8 Å². The van der Waals surface area contributed by atoms with E-state index in [4.69, 9.17) is 10.00 Å². The van der Waals surface area contributed by atoms with E-state index in [2.05, 4.69) is 5.32 Å². The predicted octanol–water partition coefficient (Wildman–Crippen LogP) is 2.16. The van der Waals surface area contributed by atoms with Crippen LogP contribution in [-0.2, 0) is 14.3 Å². The molecule has 2 rings (SSSR count). The standard InChI is InChI=1S/C18H16N2O4/c1-12(17(22)20-15-10-6-5-9-14(15)11-19)24-18(23)16(21)13-7-3-2-4-8-13/h2-10,12,16,21H,1H3,(H,20,22)/t12-,16+/m0/s1. The highest BCUT2D eigenvalue weighted by molar-refractivity contribution is 5.96. The molecular weight excluding hydrogens is 308 g/mol. The SMILES string of the molecule is C[C@H](OC(=O)[C@H](O)c1ccccc1)C(=O)Nc1ccccc1C#N. The maximum atomic E-state index is 12.1. The van der Waals surface area contributed by atoms with Crippen molar-refractivity contribution in [2.75, 3.05) is 5.32 Å². The van der Waals surface area contributed by atoms with Crippen LogP contribution in [0.15, 0.2) is 54.6 Å². The van der Waals surface area contributed by atoms with E-state index < -0.39 is 24.1 Å². The molecule has 0 saturated carbocycles. The Kier molecular flexibility index (Phi) is 5.66. The van der Waals surface area contributed by atoms with Crippen LogP contribution >= 0.6 is 0 Å². The van der Waals surface area contributed by atoms with Crippen LogP contribution in [0.3, 0.4) is 0 Å². The van der Waals surface area contributed by atoms with E-state index in [1.54, 1.807) is 54.6 Å². The summed E-state index contributed by atoms with van der Waals surface area (Å²) in [5.74, 6) is -1.51. The van der Waals surface area contributed by atoms with Crippen molar-refractivity contribution < 1.29 is 19.4 Å². The Balaban J connectivity index is 1.99. The molecule has 24 heavy (non-hydrogen) atoms. The lowest BCUT2D eigenvalue weighted by Gasteiger charge is -2.16. The van der Waals surface area contributed by atoms with E-state index in [0.717, 1.165) is 0 Å². The van der Waals surface area contributed by atoms with Gasteiger partial charge in [-0.25, -0.2) is 4.79 Å². The van der Waals surface area contributed by atoms with Gasteiger partial charge in [-0.05, 0) is 24.6 Å². The first-order chi connectivity index (χ1) is 11.5.